The summed E-state index contributed by atoms with van der Waals surface area (Å²) in [5, 5.41) is 4.01. The van der Waals surface area contributed by atoms with E-state index in [0.717, 1.165) is 11.3 Å². The van der Waals surface area contributed by atoms with E-state index in [0.29, 0.717) is 16.8 Å². The van der Waals surface area contributed by atoms with E-state index in [9.17, 15) is 9.59 Å². The third-order valence-electron chi connectivity index (χ3n) is 4.21. The minimum atomic E-state index is -0.300. The number of aromatic nitrogens is 2. The van der Waals surface area contributed by atoms with Gasteiger partial charge < -0.3 is 0 Å². The van der Waals surface area contributed by atoms with Crippen molar-refractivity contribution in [2.45, 2.75) is 13.8 Å². The zero-order chi connectivity index (χ0) is 18.7. The molecule has 0 bridgehead atoms. The average Bonchev–Trinajstić information content (AvgIpc) is 2.86. The van der Waals surface area contributed by atoms with Gasteiger partial charge >= 0.3 is 0 Å². The van der Waals surface area contributed by atoms with Gasteiger partial charge in [-0.05, 0) is 38.1 Å². The molecule has 1 aromatic heterocycles. The fourth-order valence-corrected chi connectivity index (χ4v) is 2.72. The first-order chi connectivity index (χ1) is 12.5. The van der Waals surface area contributed by atoms with Crippen molar-refractivity contribution in [2.24, 2.45) is 12.1 Å². The van der Waals surface area contributed by atoms with Gasteiger partial charge in [-0.25, -0.2) is 10.1 Å². The Morgan fingerprint density at radius 3 is 2.35 bits per heavy atom. The van der Waals surface area contributed by atoms with Crippen LogP contribution in [-0.4, -0.2) is 21.5 Å². The quantitative estimate of drug-likeness (QED) is 0.581. The van der Waals surface area contributed by atoms with Gasteiger partial charge in [-0.1, -0.05) is 35.9 Å². The average molecular weight is 348 g/mol. The fourth-order valence-electron chi connectivity index (χ4n) is 2.72. The van der Waals surface area contributed by atoms with E-state index in [1.807, 2.05) is 49.4 Å². The van der Waals surface area contributed by atoms with E-state index in [2.05, 4.69) is 10.5 Å². The number of rotatable bonds is 4. The highest BCUT2D eigenvalue weighted by molar-refractivity contribution is 5.94. The molecule has 2 aromatic carbocycles. The summed E-state index contributed by atoms with van der Waals surface area (Å²) >= 11 is 0. The van der Waals surface area contributed by atoms with Crippen LogP contribution in [0, 0.1) is 13.8 Å². The topological polar surface area (TPSA) is 68.4 Å². The molecule has 0 aliphatic rings. The third kappa shape index (κ3) is 3.35. The Bertz CT molecular complexity index is 1010. The molecule has 0 unspecified atom stereocenters. The molecule has 3 aromatic rings. The van der Waals surface area contributed by atoms with E-state index < -0.39 is 0 Å². The van der Waals surface area contributed by atoms with E-state index in [-0.39, 0.29) is 11.5 Å². The first-order valence-electron chi connectivity index (χ1n) is 8.23. The molecule has 0 spiro atoms. The maximum Gasteiger partial charge on any atom is 0.274 e. The van der Waals surface area contributed by atoms with Crippen molar-refractivity contribution in [1.82, 2.24) is 14.8 Å². The van der Waals surface area contributed by atoms with Crippen LogP contribution in [0.5, 0.6) is 0 Å². The number of carbonyl (C=O) groups is 1. The van der Waals surface area contributed by atoms with Crippen LogP contribution >= 0.6 is 0 Å². The summed E-state index contributed by atoms with van der Waals surface area (Å²) in [7, 11) is 1.78. The molecule has 0 fully saturated rings. The van der Waals surface area contributed by atoms with Crippen LogP contribution in [0.15, 0.2) is 64.5 Å². The van der Waals surface area contributed by atoms with Crippen molar-refractivity contribution in [1.29, 1.82) is 0 Å². The molecule has 6 nitrogen and oxygen atoms in total. The van der Waals surface area contributed by atoms with Crippen molar-refractivity contribution in [3.63, 3.8) is 0 Å². The Morgan fingerprint density at radius 2 is 1.69 bits per heavy atom. The molecule has 0 aliphatic carbocycles. The largest absolute Gasteiger partial charge is 0.279 e. The Hall–Kier alpha value is -3.41. The van der Waals surface area contributed by atoms with Crippen LogP contribution in [0.25, 0.3) is 5.69 Å². The molecule has 132 valence electrons. The Labute approximate surface area is 151 Å². The molecule has 1 amide bonds. The van der Waals surface area contributed by atoms with E-state index >= 15 is 0 Å². The van der Waals surface area contributed by atoms with Crippen molar-refractivity contribution in [3.8, 4) is 5.69 Å². The molecule has 0 atom stereocenters. The summed E-state index contributed by atoms with van der Waals surface area (Å²) in [6, 6.07) is 16.6. The molecule has 0 saturated heterocycles. The molecular weight excluding hydrogens is 328 g/mol. The predicted molar refractivity (Wildman–Crippen MR) is 102 cm³/mol. The normalized spacial score (nSPS) is 11.0. The molecular formula is C20H20N4O2. The number of nitrogens with zero attached hydrogens (tertiary/aromatic N) is 3. The zero-order valence-corrected chi connectivity index (χ0v) is 14.9. The van der Waals surface area contributed by atoms with Crippen LogP contribution < -0.4 is 11.0 Å². The Morgan fingerprint density at radius 1 is 1.04 bits per heavy atom. The van der Waals surface area contributed by atoms with Crippen molar-refractivity contribution in [3.05, 3.63) is 87.3 Å². The highest BCUT2D eigenvalue weighted by atomic mass is 16.2. The molecule has 3 rings (SSSR count). The number of para-hydroxylation sites is 1. The summed E-state index contributed by atoms with van der Waals surface area (Å²) in [6.45, 7) is 3.70. The van der Waals surface area contributed by atoms with E-state index in [4.69, 9.17) is 0 Å². The SMILES string of the molecule is Cc1ccc(C(=O)N/N=C\c2c(C)c(=O)n(-c3ccccc3)n2C)cc1. The molecule has 0 aliphatic heterocycles. The molecule has 6 heteroatoms. The van der Waals surface area contributed by atoms with Crippen LogP contribution in [0.3, 0.4) is 0 Å². The number of nitrogens with one attached hydrogen (secondary N) is 1. The number of hydrazone groups is 1. The van der Waals surface area contributed by atoms with Crippen molar-refractivity contribution >= 4 is 12.1 Å². The number of hydrogen-bond acceptors (Lipinski definition) is 3. The first kappa shape index (κ1) is 17.4. The van der Waals surface area contributed by atoms with Gasteiger partial charge in [-0.15, -0.1) is 0 Å². The second-order valence-corrected chi connectivity index (χ2v) is 6.05. The number of hydrogen-bond donors (Lipinski definition) is 1. The minimum Gasteiger partial charge on any atom is -0.279 e. The first-order valence-corrected chi connectivity index (χ1v) is 8.23. The smallest absolute Gasteiger partial charge is 0.274 e. The highest BCUT2D eigenvalue weighted by Gasteiger charge is 2.14. The van der Waals surface area contributed by atoms with Gasteiger partial charge in [0, 0.05) is 18.2 Å². The standard InChI is InChI=1S/C20H20N4O2/c1-14-9-11-16(12-10-14)19(25)22-21-13-18-15(2)20(26)24(23(18)3)17-7-5-4-6-8-17/h4-13H,1-3H3,(H,22,25)/b21-13-. The van der Waals surface area contributed by atoms with E-state index in [1.54, 1.807) is 35.5 Å². The lowest BCUT2D eigenvalue weighted by Crippen LogP contribution is -2.20. The molecule has 1 N–H and O–H groups in total. The van der Waals surface area contributed by atoms with Crippen LogP contribution in [-0.2, 0) is 7.05 Å². The van der Waals surface area contributed by atoms with Gasteiger partial charge in [0.2, 0.25) is 0 Å². The second kappa shape index (κ2) is 7.23. The molecule has 1 heterocycles. The van der Waals surface area contributed by atoms with Crippen molar-refractivity contribution < 1.29 is 4.79 Å². The number of benzene rings is 2. The summed E-state index contributed by atoms with van der Waals surface area (Å²) in [5.74, 6) is -0.300. The van der Waals surface area contributed by atoms with Gasteiger partial charge in [0.05, 0.1) is 17.6 Å². The van der Waals surface area contributed by atoms with Crippen LogP contribution in [0.4, 0.5) is 0 Å². The maximum absolute atomic E-state index is 12.6. The van der Waals surface area contributed by atoms with Gasteiger partial charge in [0.1, 0.15) is 0 Å². The van der Waals surface area contributed by atoms with Crippen LogP contribution in [0.2, 0.25) is 0 Å². The lowest BCUT2D eigenvalue weighted by Gasteiger charge is -2.08. The van der Waals surface area contributed by atoms with Crippen LogP contribution in [0.1, 0.15) is 27.2 Å². The van der Waals surface area contributed by atoms with Gasteiger partial charge in [-0.3, -0.25) is 14.3 Å². The molecule has 0 radical (unpaired) electrons. The summed E-state index contributed by atoms with van der Waals surface area (Å²) in [4.78, 5) is 24.7. The summed E-state index contributed by atoms with van der Waals surface area (Å²) in [6.07, 6.45) is 1.49. The second-order valence-electron chi connectivity index (χ2n) is 6.05. The number of aryl methyl sites for hydroxylation is 1. The number of amides is 1. The fraction of sp³-hybridized carbons (Fsp3) is 0.150. The number of carbonyl (C=O) groups excluding carboxylic acids is 1. The minimum absolute atomic E-state index is 0.120. The Balaban J connectivity index is 1.84. The highest BCUT2D eigenvalue weighted by Crippen LogP contribution is 2.09. The molecule has 26 heavy (non-hydrogen) atoms. The van der Waals surface area contributed by atoms with Crippen molar-refractivity contribution in [2.75, 3.05) is 0 Å². The summed E-state index contributed by atoms with van der Waals surface area (Å²) < 4.78 is 3.28. The predicted octanol–water partition coefficient (Wildman–Crippen LogP) is 2.56. The third-order valence-corrected chi connectivity index (χ3v) is 4.21. The van der Waals surface area contributed by atoms with E-state index in [1.165, 1.54) is 6.21 Å². The summed E-state index contributed by atoms with van der Waals surface area (Å²) in [5.41, 5.74) is 5.94. The monoisotopic (exact) mass is 348 g/mol. The van der Waals surface area contributed by atoms with Gasteiger partial charge in [-0.2, -0.15) is 5.10 Å². The lowest BCUT2D eigenvalue weighted by atomic mass is 10.1. The Kier molecular flexibility index (Phi) is 4.84. The van der Waals surface area contributed by atoms with Gasteiger partial charge in [0.25, 0.3) is 11.5 Å². The maximum atomic E-state index is 12.6. The molecule has 0 saturated carbocycles. The zero-order valence-electron chi connectivity index (χ0n) is 14.9. The van der Waals surface area contributed by atoms with Gasteiger partial charge in [0.15, 0.2) is 0 Å². The lowest BCUT2D eigenvalue weighted by molar-refractivity contribution is 0.0955.